The number of Topliss-reactive ketones (excluding diaryl/α,β-unsaturated/α-hetero) is 1. The van der Waals surface area contributed by atoms with Gasteiger partial charge < -0.3 is 11.1 Å². The maximum atomic E-state index is 12.6. The van der Waals surface area contributed by atoms with E-state index in [4.69, 9.17) is 5.73 Å². The van der Waals surface area contributed by atoms with Crippen LogP contribution in [-0.2, 0) is 4.79 Å². The molecule has 1 aliphatic rings. The number of hydrogen-bond acceptors (Lipinski definition) is 4. The lowest BCUT2D eigenvalue weighted by Crippen LogP contribution is -2.41. The molecule has 1 fully saturated rings. The second-order valence-corrected chi connectivity index (χ2v) is 6.93. The number of rotatable bonds is 5. The summed E-state index contributed by atoms with van der Waals surface area (Å²) in [5.74, 6) is 0.178. The minimum Gasteiger partial charge on any atom is -0.326 e. The van der Waals surface area contributed by atoms with Crippen LogP contribution in [0, 0.1) is 0 Å². The highest BCUT2D eigenvalue weighted by atomic mass is 35.5. The van der Waals surface area contributed by atoms with Gasteiger partial charge in [-0.05, 0) is 43.7 Å². The Bertz CT molecular complexity index is 780. The maximum Gasteiger partial charge on any atom is 0.241 e. The molecular formula is C21H26ClN3O2. The topological polar surface area (TPSA) is 75.4 Å². The van der Waals surface area contributed by atoms with Crippen molar-refractivity contribution in [2.24, 2.45) is 5.73 Å². The molecule has 0 saturated carbocycles. The second kappa shape index (κ2) is 9.13. The summed E-state index contributed by atoms with van der Waals surface area (Å²) in [7, 11) is 0. The van der Waals surface area contributed by atoms with Crippen molar-refractivity contribution in [1.82, 2.24) is 4.90 Å². The minimum absolute atomic E-state index is 0. The Morgan fingerprint density at radius 3 is 2.30 bits per heavy atom. The van der Waals surface area contributed by atoms with Crippen molar-refractivity contribution >= 4 is 29.8 Å². The Labute approximate surface area is 166 Å². The molecule has 2 aromatic rings. The van der Waals surface area contributed by atoms with Gasteiger partial charge in [0.05, 0.1) is 6.04 Å². The Kier molecular flexibility index (Phi) is 7.13. The van der Waals surface area contributed by atoms with Gasteiger partial charge in [0, 0.05) is 36.3 Å². The number of amides is 1. The van der Waals surface area contributed by atoms with Crippen molar-refractivity contribution < 1.29 is 9.59 Å². The number of nitrogens with one attached hydrogen (secondary N) is 1. The number of halogens is 1. The minimum atomic E-state index is -0.276. The standard InChI is InChI=1S/C21H25N3O2.ClH/c1-14(21(26)23-18-10-8-16(9-11-18)15(2)25)24-12-19(20(22)13-24)17-6-4-3-5-7-17;/h3-11,14,19-20H,12-13,22H2,1-2H3,(H,23,26);1H/t14?,19-,20+;/m0./s1. The third kappa shape index (κ3) is 4.95. The van der Waals surface area contributed by atoms with Crippen molar-refractivity contribution in [1.29, 1.82) is 0 Å². The first kappa shape index (κ1) is 21.1. The zero-order valence-corrected chi connectivity index (χ0v) is 16.4. The molecular weight excluding hydrogens is 362 g/mol. The number of nitrogens with zero attached hydrogens (tertiary/aromatic N) is 1. The van der Waals surface area contributed by atoms with Crippen molar-refractivity contribution in [2.45, 2.75) is 31.8 Å². The number of carbonyl (C=O) groups is 2. The number of anilines is 1. The van der Waals surface area contributed by atoms with Gasteiger partial charge in [-0.2, -0.15) is 0 Å². The van der Waals surface area contributed by atoms with Gasteiger partial charge in [-0.25, -0.2) is 0 Å². The molecule has 2 aromatic carbocycles. The van der Waals surface area contributed by atoms with E-state index in [2.05, 4.69) is 22.3 Å². The zero-order valence-electron chi connectivity index (χ0n) is 15.6. The van der Waals surface area contributed by atoms with Gasteiger partial charge in [0.15, 0.2) is 5.78 Å². The molecule has 27 heavy (non-hydrogen) atoms. The predicted octanol–water partition coefficient (Wildman–Crippen LogP) is 3.06. The van der Waals surface area contributed by atoms with Gasteiger partial charge in [-0.1, -0.05) is 30.3 Å². The lowest BCUT2D eigenvalue weighted by atomic mass is 9.95. The van der Waals surface area contributed by atoms with Crippen LogP contribution in [0.3, 0.4) is 0 Å². The van der Waals surface area contributed by atoms with Gasteiger partial charge >= 0.3 is 0 Å². The molecule has 3 N–H and O–H groups in total. The number of benzene rings is 2. The van der Waals surface area contributed by atoms with E-state index in [1.807, 2.05) is 25.1 Å². The number of nitrogens with two attached hydrogens (primary N) is 1. The third-order valence-electron chi connectivity index (χ3n) is 5.11. The number of hydrogen-bond donors (Lipinski definition) is 2. The summed E-state index contributed by atoms with van der Waals surface area (Å²) in [5, 5.41) is 2.92. The molecule has 1 heterocycles. The summed E-state index contributed by atoms with van der Waals surface area (Å²) in [6.45, 7) is 4.88. The van der Waals surface area contributed by atoms with Crippen molar-refractivity contribution in [2.75, 3.05) is 18.4 Å². The molecule has 5 nitrogen and oxygen atoms in total. The molecule has 144 valence electrons. The summed E-state index contributed by atoms with van der Waals surface area (Å²) in [6.07, 6.45) is 0. The van der Waals surface area contributed by atoms with Crippen LogP contribution in [0.2, 0.25) is 0 Å². The number of carbonyl (C=O) groups excluding carboxylic acids is 2. The molecule has 6 heteroatoms. The van der Waals surface area contributed by atoms with E-state index in [0.29, 0.717) is 17.8 Å². The SMILES string of the molecule is CC(=O)c1ccc(NC(=O)C(C)N2C[C@@H](N)[C@H](c3ccccc3)C2)cc1.Cl. The summed E-state index contributed by atoms with van der Waals surface area (Å²) < 4.78 is 0. The molecule has 0 aliphatic carbocycles. The van der Waals surface area contributed by atoms with Crippen molar-refractivity contribution in [3.63, 3.8) is 0 Å². The van der Waals surface area contributed by atoms with E-state index in [1.54, 1.807) is 24.3 Å². The zero-order chi connectivity index (χ0) is 18.7. The average Bonchev–Trinajstić information content (AvgIpc) is 3.04. The molecule has 0 radical (unpaired) electrons. The highest BCUT2D eigenvalue weighted by Gasteiger charge is 2.35. The third-order valence-corrected chi connectivity index (χ3v) is 5.11. The summed E-state index contributed by atoms with van der Waals surface area (Å²) in [5.41, 5.74) is 8.87. The normalized spacial score (nSPS) is 20.6. The molecule has 3 atom stereocenters. The van der Waals surface area contributed by atoms with E-state index >= 15 is 0 Å². The first-order valence-electron chi connectivity index (χ1n) is 8.92. The summed E-state index contributed by atoms with van der Waals surface area (Å²) in [6, 6.07) is 16.9. The summed E-state index contributed by atoms with van der Waals surface area (Å²) >= 11 is 0. The molecule has 1 amide bonds. The van der Waals surface area contributed by atoms with Crippen LogP contribution in [-0.4, -0.2) is 41.8 Å². The lowest BCUT2D eigenvalue weighted by Gasteiger charge is -2.23. The molecule has 0 spiro atoms. The number of ketones is 1. The van der Waals surface area contributed by atoms with E-state index in [-0.39, 0.29) is 42.1 Å². The molecule has 0 aromatic heterocycles. The van der Waals surface area contributed by atoms with E-state index in [9.17, 15) is 9.59 Å². The average molecular weight is 388 g/mol. The van der Waals surface area contributed by atoms with E-state index in [1.165, 1.54) is 12.5 Å². The Hall–Kier alpha value is -2.21. The Balaban J connectivity index is 0.00000261. The van der Waals surface area contributed by atoms with Gasteiger partial charge in [-0.15, -0.1) is 12.4 Å². The van der Waals surface area contributed by atoms with Crippen molar-refractivity contribution in [3.8, 4) is 0 Å². The van der Waals surface area contributed by atoms with Gasteiger partial charge in [0.2, 0.25) is 5.91 Å². The highest BCUT2D eigenvalue weighted by Crippen LogP contribution is 2.27. The van der Waals surface area contributed by atoms with E-state index < -0.39 is 0 Å². The monoisotopic (exact) mass is 387 g/mol. The smallest absolute Gasteiger partial charge is 0.241 e. The lowest BCUT2D eigenvalue weighted by molar-refractivity contribution is -0.120. The van der Waals surface area contributed by atoms with Crippen LogP contribution < -0.4 is 11.1 Å². The molecule has 1 aliphatic heterocycles. The Morgan fingerprint density at radius 2 is 1.70 bits per heavy atom. The van der Waals surface area contributed by atoms with Crippen LogP contribution >= 0.6 is 12.4 Å². The first-order valence-corrected chi connectivity index (χ1v) is 8.92. The van der Waals surface area contributed by atoms with Gasteiger partial charge in [-0.3, -0.25) is 14.5 Å². The quantitative estimate of drug-likeness (QED) is 0.773. The van der Waals surface area contributed by atoms with Crippen LogP contribution in [0.5, 0.6) is 0 Å². The Morgan fingerprint density at radius 1 is 1.07 bits per heavy atom. The number of likely N-dealkylation sites (tertiary alicyclic amines) is 1. The predicted molar refractivity (Wildman–Crippen MR) is 111 cm³/mol. The van der Waals surface area contributed by atoms with Crippen molar-refractivity contribution in [3.05, 3.63) is 65.7 Å². The van der Waals surface area contributed by atoms with Crippen LogP contribution in [0.25, 0.3) is 0 Å². The van der Waals surface area contributed by atoms with Crippen LogP contribution in [0.15, 0.2) is 54.6 Å². The molecule has 1 saturated heterocycles. The maximum absolute atomic E-state index is 12.6. The molecule has 0 bridgehead atoms. The fraction of sp³-hybridized carbons (Fsp3) is 0.333. The van der Waals surface area contributed by atoms with Crippen LogP contribution in [0.4, 0.5) is 5.69 Å². The van der Waals surface area contributed by atoms with Gasteiger partial charge in [0.1, 0.15) is 0 Å². The van der Waals surface area contributed by atoms with Gasteiger partial charge in [0.25, 0.3) is 0 Å². The van der Waals surface area contributed by atoms with Crippen LogP contribution in [0.1, 0.15) is 35.7 Å². The molecule has 3 rings (SSSR count). The fourth-order valence-electron chi connectivity index (χ4n) is 3.43. The second-order valence-electron chi connectivity index (χ2n) is 6.93. The fourth-order valence-corrected chi connectivity index (χ4v) is 3.43. The van der Waals surface area contributed by atoms with E-state index in [0.717, 1.165) is 6.54 Å². The molecule has 1 unspecified atom stereocenters. The first-order chi connectivity index (χ1) is 12.5. The highest BCUT2D eigenvalue weighted by molar-refractivity contribution is 5.97. The summed E-state index contributed by atoms with van der Waals surface area (Å²) in [4.78, 5) is 26.1. The largest absolute Gasteiger partial charge is 0.326 e.